The minimum absolute atomic E-state index is 0.0528. The van der Waals surface area contributed by atoms with Crippen molar-refractivity contribution in [1.29, 1.82) is 0 Å². The summed E-state index contributed by atoms with van der Waals surface area (Å²) in [5, 5.41) is 3.11. The Hall–Kier alpha value is -3.89. The molecule has 0 aromatic heterocycles. The Balaban J connectivity index is 1.70. The highest BCUT2D eigenvalue weighted by Gasteiger charge is 2.33. The van der Waals surface area contributed by atoms with Crippen molar-refractivity contribution in [3.63, 3.8) is 0 Å². The largest absolute Gasteiger partial charge is 0.320 e. The van der Waals surface area contributed by atoms with Crippen LogP contribution >= 0.6 is 0 Å². The van der Waals surface area contributed by atoms with Gasteiger partial charge >= 0.3 is 0 Å². The molecule has 1 aliphatic rings. The lowest BCUT2D eigenvalue weighted by Crippen LogP contribution is -2.18. The minimum atomic E-state index is -4.29. The summed E-state index contributed by atoms with van der Waals surface area (Å²) in [6.07, 6.45) is 0. The fraction of sp³-hybridized carbons (Fsp3) is 0.148. The second-order valence-corrected chi connectivity index (χ2v) is 12.5. The highest BCUT2D eigenvalue weighted by atomic mass is 32.2. The van der Waals surface area contributed by atoms with Gasteiger partial charge < -0.3 is 5.32 Å². The van der Waals surface area contributed by atoms with Crippen molar-refractivity contribution < 1.29 is 21.6 Å². The first-order chi connectivity index (χ1) is 17.4. The number of hydrogen-bond acceptors (Lipinski definition) is 5. The molecule has 10 heteroatoms. The smallest absolute Gasteiger partial charge is 0.264 e. The standard InChI is InChI=1S/C27H25N3O5S2/c1-15-8-10-19(12-17(15)3)29-36(32,33)23-14-24(26-25-21(23)6-5-7-22(25)27(31)28-26)37(34,35)30-20-11-9-16(2)18(4)13-20/h5-14,29-30H,1-4H3,(H,28,31). The first-order valence-electron chi connectivity index (χ1n) is 11.5. The number of sulfonamides is 2. The number of carbonyl (C=O) groups excluding carboxylic acids is 1. The summed E-state index contributed by atoms with van der Waals surface area (Å²) in [7, 11) is -8.53. The van der Waals surface area contributed by atoms with E-state index < -0.39 is 26.0 Å². The number of benzene rings is 4. The third kappa shape index (κ3) is 4.32. The molecule has 4 aromatic carbocycles. The number of aryl methyl sites for hydroxylation is 4. The van der Waals surface area contributed by atoms with Crippen molar-refractivity contribution in [2.45, 2.75) is 37.5 Å². The summed E-state index contributed by atoms with van der Waals surface area (Å²) in [6.45, 7) is 7.56. The molecule has 37 heavy (non-hydrogen) atoms. The lowest BCUT2D eigenvalue weighted by Gasteiger charge is -2.16. The van der Waals surface area contributed by atoms with Gasteiger partial charge in [-0.2, -0.15) is 0 Å². The monoisotopic (exact) mass is 535 g/mol. The van der Waals surface area contributed by atoms with Gasteiger partial charge in [-0.1, -0.05) is 24.3 Å². The van der Waals surface area contributed by atoms with E-state index in [2.05, 4.69) is 14.8 Å². The summed E-state index contributed by atoms with van der Waals surface area (Å²) in [4.78, 5) is 12.1. The predicted octanol–water partition coefficient (Wildman–Crippen LogP) is 5.24. The summed E-state index contributed by atoms with van der Waals surface area (Å²) >= 11 is 0. The van der Waals surface area contributed by atoms with Crippen molar-refractivity contribution in [3.8, 4) is 0 Å². The summed E-state index contributed by atoms with van der Waals surface area (Å²) < 4.78 is 59.5. The molecule has 0 radical (unpaired) electrons. The number of anilines is 3. The number of nitrogens with one attached hydrogen (secondary N) is 3. The third-order valence-electron chi connectivity index (χ3n) is 6.67. The Morgan fingerprint density at radius 2 is 1.19 bits per heavy atom. The Morgan fingerprint density at radius 1 is 0.649 bits per heavy atom. The molecular weight excluding hydrogens is 510 g/mol. The van der Waals surface area contributed by atoms with Crippen LogP contribution in [-0.2, 0) is 20.0 Å². The maximum absolute atomic E-state index is 13.6. The summed E-state index contributed by atoms with van der Waals surface area (Å²) in [6, 6.07) is 16.0. The fourth-order valence-corrected chi connectivity index (χ4v) is 6.97. The Morgan fingerprint density at radius 3 is 1.73 bits per heavy atom. The molecule has 0 saturated heterocycles. The topological polar surface area (TPSA) is 121 Å². The van der Waals surface area contributed by atoms with E-state index in [9.17, 15) is 21.6 Å². The van der Waals surface area contributed by atoms with Gasteiger partial charge in [-0.15, -0.1) is 0 Å². The molecule has 0 spiro atoms. The van der Waals surface area contributed by atoms with Gasteiger partial charge in [0.2, 0.25) is 0 Å². The van der Waals surface area contributed by atoms with Gasteiger partial charge in [-0.05, 0) is 86.3 Å². The third-order valence-corrected chi connectivity index (χ3v) is 9.50. The van der Waals surface area contributed by atoms with Crippen LogP contribution in [0.2, 0.25) is 0 Å². The number of carbonyl (C=O) groups is 1. The molecule has 1 amide bonds. The van der Waals surface area contributed by atoms with Crippen molar-refractivity contribution in [2.75, 3.05) is 14.8 Å². The molecule has 0 saturated carbocycles. The Kier molecular flexibility index (Phi) is 5.76. The van der Waals surface area contributed by atoms with Crippen molar-refractivity contribution in [2.24, 2.45) is 0 Å². The summed E-state index contributed by atoms with van der Waals surface area (Å²) in [5.41, 5.74) is 4.72. The molecule has 0 atom stereocenters. The van der Waals surface area contributed by atoms with E-state index in [-0.39, 0.29) is 31.8 Å². The van der Waals surface area contributed by atoms with Crippen LogP contribution in [0.1, 0.15) is 32.6 Å². The molecule has 5 rings (SSSR count). The Bertz CT molecular complexity index is 1850. The molecule has 190 valence electrons. The van der Waals surface area contributed by atoms with Gasteiger partial charge in [0.15, 0.2) is 0 Å². The average molecular weight is 536 g/mol. The zero-order chi connectivity index (χ0) is 26.7. The van der Waals surface area contributed by atoms with Crippen LogP contribution in [0, 0.1) is 27.7 Å². The number of hydrogen-bond donors (Lipinski definition) is 3. The summed E-state index contributed by atoms with van der Waals surface area (Å²) in [5.74, 6) is -0.500. The number of rotatable bonds is 6. The van der Waals surface area contributed by atoms with E-state index in [1.165, 1.54) is 6.07 Å². The molecule has 0 aliphatic carbocycles. The van der Waals surface area contributed by atoms with E-state index in [1.807, 2.05) is 27.7 Å². The van der Waals surface area contributed by atoms with Crippen LogP contribution < -0.4 is 14.8 Å². The minimum Gasteiger partial charge on any atom is -0.320 e. The van der Waals surface area contributed by atoms with E-state index in [0.29, 0.717) is 11.4 Å². The Labute approximate surface area is 215 Å². The highest BCUT2D eigenvalue weighted by Crippen LogP contribution is 2.42. The van der Waals surface area contributed by atoms with Crippen LogP contribution in [0.15, 0.2) is 70.5 Å². The number of amides is 1. The zero-order valence-corrected chi connectivity index (χ0v) is 22.3. The maximum Gasteiger partial charge on any atom is 0.264 e. The van der Waals surface area contributed by atoms with Crippen molar-refractivity contribution in [1.82, 2.24) is 0 Å². The van der Waals surface area contributed by atoms with Gasteiger partial charge in [-0.25, -0.2) is 16.8 Å². The van der Waals surface area contributed by atoms with Gasteiger partial charge in [-0.3, -0.25) is 14.2 Å². The first-order valence-corrected chi connectivity index (χ1v) is 14.5. The first kappa shape index (κ1) is 24.8. The lowest BCUT2D eigenvalue weighted by molar-refractivity contribution is 0.103. The normalized spacial score (nSPS) is 13.0. The highest BCUT2D eigenvalue weighted by molar-refractivity contribution is 7.93. The molecule has 4 aromatic rings. The SMILES string of the molecule is Cc1ccc(NS(=O)(=O)c2cc(S(=O)(=O)Nc3ccc(C)c(C)c3)c3cccc4c3c2NC4=O)cc1C. The van der Waals surface area contributed by atoms with Crippen LogP contribution in [0.4, 0.5) is 17.1 Å². The lowest BCUT2D eigenvalue weighted by atomic mass is 10.1. The van der Waals surface area contributed by atoms with E-state index in [4.69, 9.17) is 0 Å². The van der Waals surface area contributed by atoms with E-state index in [1.54, 1.807) is 48.5 Å². The molecule has 3 N–H and O–H groups in total. The average Bonchev–Trinajstić information content (AvgIpc) is 3.16. The van der Waals surface area contributed by atoms with Gasteiger partial charge in [0.05, 0.1) is 10.6 Å². The van der Waals surface area contributed by atoms with Crippen molar-refractivity contribution in [3.05, 3.63) is 88.5 Å². The molecular formula is C27H25N3O5S2. The van der Waals surface area contributed by atoms with Gasteiger partial charge in [0, 0.05) is 27.7 Å². The van der Waals surface area contributed by atoms with Crippen LogP contribution in [0.5, 0.6) is 0 Å². The molecule has 1 aliphatic heterocycles. The van der Waals surface area contributed by atoms with E-state index in [0.717, 1.165) is 28.3 Å². The van der Waals surface area contributed by atoms with Crippen molar-refractivity contribution >= 4 is 53.8 Å². The van der Waals surface area contributed by atoms with Crippen LogP contribution in [-0.4, -0.2) is 22.7 Å². The van der Waals surface area contributed by atoms with E-state index >= 15 is 0 Å². The second-order valence-electron chi connectivity index (χ2n) is 9.24. The van der Waals surface area contributed by atoms with Crippen LogP contribution in [0.3, 0.4) is 0 Å². The molecule has 0 unspecified atom stereocenters. The quantitative estimate of drug-likeness (QED) is 0.312. The zero-order valence-electron chi connectivity index (χ0n) is 20.6. The molecule has 8 nitrogen and oxygen atoms in total. The molecule has 0 fully saturated rings. The predicted molar refractivity (Wildman–Crippen MR) is 145 cm³/mol. The van der Waals surface area contributed by atoms with Gasteiger partial charge in [0.25, 0.3) is 26.0 Å². The molecule has 1 heterocycles. The van der Waals surface area contributed by atoms with Crippen LogP contribution in [0.25, 0.3) is 10.8 Å². The van der Waals surface area contributed by atoms with Gasteiger partial charge in [0.1, 0.15) is 4.90 Å². The fourth-order valence-electron chi connectivity index (χ4n) is 4.38. The second kappa shape index (κ2) is 8.60. The molecule has 0 bridgehead atoms. The maximum atomic E-state index is 13.6.